The lowest BCUT2D eigenvalue weighted by Gasteiger charge is -2.30. The van der Waals surface area contributed by atoms with Crippen molar-refractivity contribution in [2.24, 2.45) is 5.92 Å². The molecule has 4 rings (SSSR count). The van der Waals surface area contributed by atoms with E-state index in [0.29, 0.717) is 50.3 Å². The second kappa shape index (κ2) is 8.84. The Morgan fingerprint density at radius 1 is 0.969 bits per heavy atom. The van der Waals surface area contributed by atoms with Gasteiger partial charge in [-0.2, -0.15) is 4.31 Å². The van der Waals surface area contributed by atoms with Crippen LogP contribution in [0.1, 0.15) is 24.8 Å². The maximum Gasteiger partial charge on any atom is 0.243 e. The van der Waals surface area contributed by atoms with Crippen LogP contribution in [0.15, 0.2) is 53.4 Å². The molecule has 32 heavy (non-hydrogen) atoms. The summed E-state index contributed by atoms with van der Waals surface area (Å²) >= 11 is 0. The number of amides is 1. The van der Waals surface area contributed by atoms with Crippen molar-refractivity contribution in [1.82, 2.24) is 4.31 Å². The number of nitrogens with zero attached hydrogens (tertiary/aromatic N) is 2. The molecule has 172 valence electrons. The summed E-state index contributed by atoms with van der Waals surface area (Å²) in [7, 11) is -6.80. The number of sulfonamides is 2. The van der Waals surface area contributed by atoms with Crippen LogP contribution >= 0.6 is 0 Å². The summed E-state index contributed by atoms with van der Waals surface area (Å²) in [5.74, 6) is -0.277. The molecule has 2 aliphatic heterocycles. The van der Waals surface area contributed by atoms with E-state index in [-0.39, 0.29) is 22.5 Å². The maximum atomic E-state index is 12.8. The number of hydrogen-bond acceptors (Lipinski definition) is 5. The molecule has 2 aromatic carbocycles. The van der Waals surface area contributed by atoms with E-state index in [2.05, 4.69) is 5.32 Å². The topological polar surface area (TPSA) is 104 Å². The van der Waals surface area contributed by atoms with Crippen molar-refractivity contribution in [3.05, 3.63) is 54.1 Å². The van der Waals surface area contributed by atoms with E-state index in [9.17, 15) is 21.6 Å². The van der Waals surface area contributed by atoms with Crippen molar-refractivity contribution in [1.29, 1.82) is 0 Å². The molecule has 1 amide bonds. The molecule has 2 heterocycles. The molecule has 8 nitrogen and oxygen atoms in total. The van der Waals surface area contributed by atoms with Crippen molar-refractivity contribution in [3.63, 3.8) is 0 Å². The van der Waals surface area contributed by atoms with E-state index in [0.717, 1.165) is 5.56 Å². The van der Waals surface area contributed by atoms with Gasteiger partial charge in [0.25, 0.3) is 0 Å². The molecule has 2 saturated heterocycles. The normalized spacial score (nSPS) is 19.7. The van der Waals surface area contributed by atoms with Gasteiger partial charge in [0, 0.05) is 31.2 Å². The van der Waals surface area contributed by atoms with Crippen molar-refractivity contribution in [2.75, 3.05) is 35.0 Å². The van der Waals surface area contributed by atoms with Gasteiger partial charge in [-0.05, 0) is 62.6 Å². The van der Waals surface area contributed by atoms with Gasteiger partial charge in [0.15, 0.2) is 0 Å². The fourth-order valence-corrected chi connectivity index (χ4v) is 7.14. The summed E-state index contributed by atoms with van der Waals surface area (Å²) in [6.07, 6.45) is 1.50. The predicted molar refractivity (Wildman–Crippen MR) is 123 cm³/mol. The molecular weight excluding hydrogens is 450 g/mol. The number of piperidine rings is 1. The van der Waals surface area contributed by atoms with E-state index in [4.69, 9.17) is 0 Å². The second-order valence-corrected chi connectivity index (χ2v) is 12.2. The summed E-state index contributed by atoms with van der Waals surface area (Å²) < 4.78 is 52.6. The van der Waals surface area contributed by atoms with Crippen LogP contribution in [0.5, 0.6) is 0 Å². The highest BCUT2D eigenvalue weighted by Crippen LogP contribution is 2.27. The number of aryl methyl sites for hydroxylation is 1. The predicted octanol–water partition coefficient (Wildman–Crippen LogP) is 2.57. The number of hydrogen-bond donors (Lipinski definition) is 1. The second-order valence-electron chi connectivity index (χ2n) is 8.27. The third kappa shape index (κ3) is 4.67. The Balaban J connectivity index is 1.34. The minimum Gasteiger partial charge on any atom is -0.326 e. The molecule has 1 N–H and O–H groups in total. The highest BCUT2D eigenvalue weighted by Gasteiger charge is 2.32. The Labute approximate surface area is 189 Å². The van der Waals surface area contributed by atoms with E-state index < -0.39 is 20.0 Å². The molecule has 0 saturated carbocycles. The molecular formula is C22H27N3O5S2. The fourth-order valence-electron chi connectivity index (χ4n) is 4.10. The van der Waals surface area contributed by atoms with Crippen LogP contribution < -0.4 is 9.62 Å². The molecule has 0 unspecified atom stereocenters. The summed E-state index contributed by atoms with van der Waals surface area (Å²) in [4.78, 5) is 13.0. The zero-order valence-corrected chi connectivity index (χ0v) is 19.5. The molecule has 2 aliphatic rings. The lowest BCUT2D eigenvalue weighted by Crippen LogP contribution is -2.41. The van der Waals surface area contributed by atoms with Gasteiger partial charge >= 0.3 is 0 Å². The molecule has 2 fully saturated rings. The highest BCUT2D eigenvalue weighted by molar-refractivity contribution is 7.93. The van der Waals surface area contributed by atoms with Gasteiger partial charge in [-0.1, -0.05) is 17.7 Å². The van der Waals surface area contributed by atoms with E-state index >= 15 is 0 Å². The van der Waals surface area contributed by atoms with Gasteiger partial charge in [-0.25, -0.2) is 16.8 Å². The molecule has 0 spiro atoms. The maximum absolute atomic E-state index is 12.8. The molecule has 10 heteroatoms. The summed E-state index contributed by atoms with van der Waals surface area (Å²) in [6.45, 7) is 2.96. The van der Waals surface area contributed by atoms with Crippen LogP contribution in [0.2, 0.25) is 0 Å². The number of carbonyl (C=O) groups is 1. The third-order valence-corrected chi connectivity index (χ3v) is 9.79. The molecule has 2 aromatic rings. The largest absolute Gasteiger partial charge is 0.326 e. The monoisotopic (exact) mass is 477 g/mol. The number of anilines is 2. The third-order valence-electron chi connectivity index (χ3n) is 6.01. The molecule has 0 radical (unpaired) electrons. The quantitative estimate of drug-likeness (QED) is 0.713. The molecule has 0 aromatic heterocycles. The lowest BCUT2D eigenvalue weighted by molar-refractivity contribution is -0.120. The summed E-state index contributed by atoms with van der Waals surface area (Å²) in [5, 5.41) is 2.87. The molecule has 0 bridgehead atoms. The SMILES string of the molecule is Cc1ccc(S(=O)(=O)N2CCC(C(=O)Nc3ccc(N4CCCS4(=O)=O)cc3)CC2)cc1. The zero-order chi connectivity index (χ0) is 22.9. The average molecular weight is 478 g/mol. The minimum atomic E-state index is -3.56. The first-order valence-electron chi connectivity index (χ1n) is 10.6. The van der Waals surface area contributed by atoms with Gasteiger partial charge < -0.3 is 5.32 Å². The van der Waals surface area contributed by atoms with Crippen LogP contribution in [0.3, 0.4) is 0 Å². The first kappa shape index (κ1) is 22.8. The first-order chi connectivity index (χ1) is 15.2. The lowest BCUT2D eigenvalue weighted by atomic mass is 9.97. The van der Waals surface area contributed by atoms with Gasteiger partial charge in [0.1, 0.15) is 0 Å². The summed E-state index contributed by atoms with van der Waals surface area (Å²) in [5.41, 5.74) is 2.18. The Bertz CT molecular complexity index is 1190. The van der Waals surface area contributed by atoms with E-state index in [1.165, 1.54) is 8.61 Å². The van der Waals surface area contributed by atoms with E-state index in [1.54, 1.807) is 48.5 Å². The van der Waals surface area contributed by atoms with Gasteiger partial charge in [0.2, 0.25) is 26.0 Å². The van der Waals surface area contributed by atoms with Crippen molar-refractivity contribution in [3.8, 4) is 0 Å². The van der Waals surface area contributed by atoms with Crippen LogP contribution in [-0.2, 0) is 24.8 Å². The summed E-state index contributed by atoms with van der Waals surface area (Å²) in [6, 6.07) is 13.5. The Kier molecular flexibility index (Phi) is 6.28. The van der Waals surface area contributed by atoms with Crippen molar-refractivity contribution < 1.29 is 21.6 Å². The van der Waals surface area contributed by atoms with E-state index in [1.807, 2.05) is 6.92 Å². The molecule has 0 aliphatic carbocycles. The zero-order valence-electron chi connectivity index (χ0n) is 17.9. The van der Waals surface area contributed by atoms with Crippen molar-refractivity contribution in [2.45, 2.75) is 31.1 Å². The van der Waals surface area contributed by atoms with Crippen LogP contribution in [-0.4, -0.2) is 52.4 Å². The highest BCUT2D eigenvalue weighted by atomic mass is 32.2. The van der Waals surface area contributed by atoms with Crippen molar-refractivity contribution >= 4 is 37.3 Å². The van der Waals surface area contributed by atoms with Crippen LogP contribution in [0.25, 0.3) is 0 Å². The van der Waals surface area contributed by atoms with Crippen LogP contribution in [0, 0.1) is 12.8 Å². The minimum absolute atomic E-state index is 0.154. The fraction of sp³-hybridized carbons (Fsp3) is 0.409. The average Bonchev–Trinajstić information content (AvgIpc) is 3.13. The van der Waals surface area contributed by atoms with Gasteiger partial charge in [0.05, 0.1) is 16.3 Å². The number of carbonyl (C=O) groups excluding carboxylic acids is 1. The Morgan fingerprint density at radius 3 is 2.16 bits per heavy atom. The Hall–Kier alpha value is -2.43. The number of rotatable bonds is 5. The van der Waals surface area contributed by atoms with Gasteiger partial charge in [-0.15, -0.1) is 0 Å². The Morgan fingerprint density at radius 2 is 1.59 bits per heavy atom. The van der Waals surface area contributed by atoms with Crippen LogP contribution in [0.4, 0.5) is 11.4 Å². The standard InChI is InChI=1S/C22H27N3O5S2/c1-17-3-9-21(10-4-17)32(29,30)24-14-11-18(12-15-24)22(26)23-19-5-7-20(8-6-19)25-13-2-16-31(25,27)28/h3-10,18H,2,11-16H2,1H3,(H,23,26). The number of benzene rings is 2. The van der Waals surface area contributed by atoms with Gasteiger partial charge in [-0.3, -0.25) is 9.10 Å². The molecule has 0 atom stereocenters. The first-order valence-corrected chi connectivity index (χ1v) is 13.7. The number of nitrogens with one attached hydrogen (secondary N) is 1. The smallest absolute Gasteiger partial charge is 0.243 e.